The van der Waals surface area contributed by atoms with Gasteiger partial charge in [-0.25, -0.2) is 0 Å². The molecule has 11 aromatic rings. The van der Waals surface area contributed by atoms with Crippen molar-refractivity contribution in [2.24, 2.45) is 0 Å². The molecule has 0 radical (unpaired) electrons. The first-order valence-corrected chi connectivity index (χ1v) is 20.2. The Morgan fingerprint density at radius 3 is 1.46 bits per heavy atom. The van der Waals surface area contributed by atoms with Crippen LogP contribution in [0.2, 0.25) is 0 Å². The van der Waals surface area contributed by atoms with Gasteiger partial charge in [-0.2, -0.15) is 0 Å². The predicted octanol–water partition coefficient (Wildman–Crippen LogP) is 12.9. The molecule has 0 saturated heterocycles. The van der Waals surface area contributed by atoms with Crippen LogP contribution in [0.5, 0.6) is 0 Å². The van der Waals surface area contributed by atoms with E-state index in [1.54, 1.807) is 0 Å². The van der Waals surface area contributed by atoms with Crippen molar-refractivity contribution in [1.82, 2.24) is 0 Å². The lowest BCUT2D eigenvalue weighted by Gasteiger charge is -2.41. The smallest absolute Gasteiger partial charge is 0.302 e. The Hall–Kier alpha value is -7.76. The van der Waals surface area contributed by atoms with Crippen LogP contribution in [0.3, 0.4) is 0 Å². The topological polar surface area (TPSA) is 32.8 Å². The van der Waals surface area contributed by atoms with Crippen molar-refractivity contribution < 1.29 is 8.83 Å². The van der Waals surface area contributed by atoms with Crippen molar-refractivity contribution in [2.45, 2.75) is 0 Å². The molecular formula is C54H33BN2O2. The van der Waals surface area contributed by atoms with Crippen molar-refractivity contribution in [1.29, 1.82) is 0 Å². The van der Waals surface area contributed by atoms with Crippen molar-refractivity contribution in [3.8, 4) is 22.3 Å². The molecule has 274 valence electrons. The third kappa shape index (κ3) is 4.55. The van der Waals surface area contributed by atoms with E-state index in [0.717, 1.165) is 84.1 Å². The van der Waals surface area contributed by atoms with Gasteiger partial charge in [-0.3, -0.25) is 4.90 Å². The number of fused-ring (bicyclic) bond motifs is 10. The van der Waals surface area contributed by atoms with Crippen LogP contribution >= 0.6 is 0 Å². The number of para-hydroxylation sites is 2. The molecule has 2 aliphatic rings. The fourth-order valence-electron chi connectivity index (χ4n) is 10.0. The predicted molar refractivity (Wildman–Crippen MR) is 246 cm³/mol. The lowest BCUT2D eigenvalue weighted by molar-refractivity contribution is 0.622. The van der Waals surface area contributed by atoms with Gasteiger partial charge < -0.3 is 13.7 Å². The zero-order valence-corrected chi connectivity index (χ0v) is 31.8. The minimum atomic E-state index is -0.240. The number of hydrogen-bond acceptors (Lipinski definition) is 4. The zero-order chi connectivity index (χ0) is 38.6. The summed E-state index contributed by atoms with van der Waals surface area (Å²) in [6.07, 6.45) is 0. The second-order valence-corrected chi connectivity index (χ2v) is 15.5. The van der Waals surface area contributed by atoms with Crippen molar-refractivity contribution >= 4 is 101 Å². The highest BCUT2D eigenvalue weighted by molar-refractivity contribution is 7.01. The minimum Gasteiger partial charge on any atom is -0.468 e. The highest BCUT2D eigenvalue weighted by Gasteiger charge is 2.49. The van der Waals surface area contributed by atoms with Gasteiger partial charge in [0.25, 0.3) is 0 Å². The molecule has 9 aromatic carbocycles. The van der Waals surface area contributed by atoms with Gasteiger partial charge in [0, 0.05) is 38.7 Å². The molecule has 2 aliphatic heterocycles. The first kappa shape index (κ1) is 32.3. The summed E-state index contributed by atoms with van der Waals surface area (Å²) < 4.78 is 14.3. The quantitative estimate of drug-likeness (QED) is 0.168. The summed E-state index contributed by atoms with van der Waals surface area (Å²) in [5, 5.41) is 6.92. The molecule has 0 fully saturated rings. The molecule has 0 bridgehead atoms. The van der Waals surface area contributed by atoms with E-state index in [2.05, 4.69) is 210 Å². The van der Waals surface area contributed by atoms with Crippen LogP contribution in [0.15, 0.2) is 209 Å². The van der Waals surface area contributed by atoms with E-state index in [-0.39, 0.29) is 6.71 Å². The maximum Gasteiger partial charge on any atom is 0.302 e. The Morgan fingerprint density at radius 2 is 0.831 bits per heavy atom. The number of hydrogen-bond donors (Lipinski definition) is 0. The lowest BCUT2D eigenvalue weighted by Crippen LogP contribution is -2.60. The van der Waals surface area contributed by atoms with Crippen molar-refractivity contribution in [2.75, 3.05) is 9.80 Å². The average molecular weight is 753 g/mol. The minimum absolute atomic E-state index is 0.240. The molecule has 4 nitrogen and oxygen atoms in total. The van der Waals surface area contributed by atoms with Crippen LogP contribution in [-0.4, -0.2) is 6.71 Å². The third-order valence-electron chi connectivity index (χ3n) is 12.4. The van der Waals surface area contributed by atoms with Gasteiger partial charge in [0.05, 0.1) is 22.7 Å². The van der Waals surface area contributed by atoms with Gasteiger partial charge in [0.15, 0.2) is 0 Å². The Bertz CT molecular complexity index is 3480. The second-order valence-electron chi connectivity index (χ2n) is 15.5. The van der Waals surface area contributed by atoms with Gasteiger partial charge in [0.2, 0.25) is 5.88 Å². The molecule has 0 spiro atoms. The van der Waals surface area contributed by atoms with E-state index in [1.807, 2.05) is 0 Å². The van der Waals surface area contributed by atoms with Crippen molar-refractivity contribution in [3.05, 3.63) is 200 Å². The molecule has 5 heteroatoms. The molecular weight excluding hydrogens is 719 g/mol. The van der Waals surface area contributed by atoms with Crippen LogP contribution in [0.25, 0.3) is 65.7 Å². The number of rotatable bonds is 4. The van der Waals surface area contributed by atoms with E-state index in [4.69, 9.17) is 8.83 Å². The first-order chi connectivity index (χ1) is 29.3. The standard InChI is InChI=1S/C54H33BN2O2/c1-3-18-36(19-4-1)48-38-22-9-7-16-34(38)30-32-42(48)56-44-26-15-27-45-51(44)55(53-52(56)41-25-12-14-29-47(41)58-53)50-40-24-11-13-28-46(40)59-54(50)57(45)43-33-31-35-17-8-10-23-39(35)49(43)37-20-5-2-6-21-37/h1-33H. The molecule has 13 rings (SSSR count). The second kappa shape index (κ2) is 12.4. The van der Waals surface area contributed by atoms with Crippen molar-refractivity contribution in [3.63, 3.8) is 0 Å². The van der Waals surface area contributed by atoms with Gasteiger partial charge >= 0.3 is 6.71 Å². The number of benzene rings is 9. The highest BCUT2D eigenvalue weighted by Crippen LogP contribution is 2.52. The summed E-state index contributed by atoms with van der Waals surface area (Å²) in [5.41, 5.74) is 14.9. The maximum atomic E-state index is 7.19. The van der Waals surface area contributed by atoms with E-state index in [1.165, 1.54) is 32.6 Å². The molecule has 4 heterocycles. The molecule has 0 amide bonds. The summed E-state index contributed by atoms with van der Waals surface area (Å²) in [6.45, 7) is -0.240. The van der Waals surface area contributed by atoms with E-state index < -0.39 is 0 Å². The largest absolute Gasteiger partial charge is 0.468 e. The lowest BCUT2D eigenvalue weighted by atomic mass is 9.35. The number of furan rings is 2. The SMILES string of the molecule is c1ccc(-c2c(N3c4cccc5c4B(c4oc6ccccc6c4N5c4ccc5ccccc5c4-c4ccccc4)c4c3oc3ccccc43)ccc3ccccc23)cc1. The van der Waals surface area contributed by atoms with Crippen LogP contribution in [0, 0.1) is 0 Å². The van der Waals surface area contributed by atoms with Crippen LogP contribution in [0.4, 0.5) is 34.3 Å². The Morgan fingerprint density at radius 1 is 0.339 bits per heavy atom. The molecule has 0 atom stereocenters. The van der Waals surface area contributed by atoms with Gasteiger partial charge in [-0.1, -0.05) is 158 Å². The average Bonchev–Trinajstić information content (AvgIpc) is 3.88. The van der Waals surface area contributed by atoms with E-state index >= 15 is 0 Å². The monoisotopic (exact) mass is 752 g/mol. The highest BCUT2D eigenvalue weighted by atomic mass is 16.4. The third-order valence-corrected chi connectivity index (χ3v) is 12.4. The normalized spacial score (nSPS) is 13.0. The van der Waals surface area contributed by atoms with Crippen LogP contribution in [-0.2, 0) is 0 Å². The summed E-state index contributed by atoms with van der Waals surface area (Å²) >= 11 is 0. The fraction of sp³-hybridized carbons (Fsp3) is 0. The van der Waals surface area contributed by atoms with E-state index in [9.17, 15) is 0 Å². The van der Waals surface area contributed by atoms with Gasteiger partial charge in [-0.05, 0) is 80.6 Å². The summed E-state index contributed by atoms with van der Waals surface area (Å²) in [6, 6.07) is 71.8. The molecule has 2 aromatic heterocycles. The molecule has 0 aliphatic carbocycles. The van der Waals surface area contributed by atoms with Crippen LogP contribution in [0.1, 0.15) is 0 Å². The van der Waals surface area contributed by atoms with E-state index in [0.29, 0.717) is 0 Å². The fourth-order valence-corrected chi connectivity index (χ4v) is 10.0. The molecule has 0 saturated carbocycles. The zero-order valence-electron chi connectivity index (χ0n) is 31.8. The number of anilines is 6. The Balaban J connectivity index is 1.18. The first-order valence-electron chi connectivity index (χ1n) is 20.2. The number of nitrogens with zero attached hydrogens (tertiary/aromatic N) is 2. The van der Waals surface area contributed by atoms with Gasteiger partial charge in [-0.15, -0.1) is 0 Å². The maximum absolute atomic E-state index is 7.19. The Labute approximate surface area is 340 Å². The summed E-state index contributed by atoms with van der Waals surface area (Å²) in [4.78, 5) is 4.86. The molecule has 0 N–H and O–H groups in total. The van der Waals surface area contributed by atoms with Crippen LogP contribution < -0.4 is 26.4 Å². The summed E-state index contributed by atoms with van der Waals surface area (Å²) in [5.74, 6) is 0.809. The Kier molecular flexibility index (Phi) is 6.78. The molecule has 59 heavy (non-hydrogen) atoms. The van der Waals surface area contributed by atoms with Gasteiger partial charge in [0.1, 0.15) is 11.2 Å². The molecule has 0 unspecified atom stereocenters. The summed E-state index contributed by atoms with van der Waals surface area (Å²) in [7, 11) is 0.